The molecule has 0 unspecified atom stereocenters. The maximum absolute atomic E-state index is 13.6. The Morgan fingerprint density at radius 1 is 0.816 bits per heavy atom. The second kappa shape index (κ2) is 13.2. The van der Waals surface area contributed by atoms with Gasteiger partial charge in [0.2, 0.25) is 21.7 Å². The van der Waals surface area contributed by atoms with E-state index in [0.717, 1.165) is 11.1 Å². The van der Waals surface area contributed by atoms with Gasteiger partial charge in [0.15, 0.2) is 11.5 Å². The van der Waals surface area contributed by atoms with Gasteiger partial charge in [0.1, 0.15) is 5.75 Å². The molecule has 0 aliphatic rings. The first-order valence-electron chi connectivity index (χ1n) is 12.0. The number of hydrogen-bond acceptors (Lipinski definition) is 7. The summed E-state index contributed by atoms with van der Waals surface area (Å²) in [6.45, 7) is 2.23. The Morgan fingerprint density at radius 3 is 1.95 bits per heavy atom. The van der Waals surface area contributed by atoms with Crippen LogP contribution in [-0.2, 0) is 27.9 Å². The molecule has 0 N–H and O–H groups in total. The molecule has 0 aromatic heterocycles. The molecule has 0 aliphatic carbocycles. The van der Waals surface area contributed by atoms with Gasteiger partial charge in [-0.25, -0.2) is 8.42 Å². The summed E-state index contributed by atoms with van der Waals surface area (Å²) in [6, 6.07) is 18.9. The maximum Gasteiger partial charge on any atom is 0.243 e. The van der Waals surface area contributed by atoms with Crippen LogP contribution in [0.1, 0.15) is 18.1 Å². The summed E-state index contributed by atoms with van der Waals surface area (Å²) in [6.07, 6.45) is 0. The van der Waals surface area contributed by atoms with Crippen LogP contribution in [0.5, 0.6) is 23.0 Å². The predicted molar refractivity (Wildman–Crippen MR) is 144 cm³/mol. The topological polar surface area (TPSA) is 94.6 Å². The molecule has 10 heteroatoms. The van der Waals surface area contributed by atoms with Crippen LogP contribution in [0.2, 0.25) is 0 Å². The first-order valence-corrected chi connectivity index (χ1v) is 13.5. The van der Waals surface area contributed by atoms with Gasteiger partial charge in [0.05, 0.1) is 39.4 Å². The van der Waals surface area contributed by atoms with Crippen LogP contribution in [0, 0.1) is 0 Å². The lowest BCUT2D eigenvalue weighted by Gasteiger charge is -2.25. The second-order valence-electron chi connectivity index (χ2n) is 8.45. The van der Waals surface area contributed by atoms with Gasteiger partial charge in [-0.3, -0.25) is 4.79 Å². The van der Waals surface area contributed by atoms with E-state index in [1.54, 1.807) is 31.3 Å². The molecule has 3 aromatic carbocycles. The molecule has 0 saturated carbocycles. The fraction of sp³-hybridized carbons (Fsp3) is 0.321. The standard InChI is InChI=1S/C28H34N2O7S/c1-6-37-23-12-14-24(15-13-23)38(32,33)30(19-21-10-8-7-9-11-21)20-27(31)29(2)18-22-16-25(34-3)28(36-5)26(17-22)35-4/h7-17H,6,18-20H2,1-5H3. The number of amides is 1. The summed E-state index contributed by atoms with van der Waals surface area (Å²) in [7, 11) is 2.18. The van der Waals surface area contributed by atoms with Crippen molar-refractivity contribution in [2.75, 3.05) is 41.5 Å². The normalized spacial score (nSPS) is 11.2. The molecule has 0 atom stereocenters. The van der Waals surface area contributed by atoms with Crippen molar-refractivity contribution >= 4 is 15.9 Å². The average molecular weight is 543 g/mol. The van der Waals surface area contributed by atoms with Crippen LogP contribution >= 0.6 is 0 Å². The van der Waals surface area contributed by atoms with Gasteiger partial charge < -0.3 is 23.8 Å². The van der Waals surface area contributed by atoms with E-state index in [0.29, 0.717) is 29.6 Å². The highest BCUT2D eigenvalue weighted by atomic mass is 32.2. The number of rotatable bonds is 13. The van der Waals surface area contributed by atoms with Crippen LogP contribution in [0.3, 0.4) is 0 Å². The van der Waals surface area contributed by atoms with Gasteiger partial charge in [0, 0.05) is 20.1 Å². The minimum Gasteiger partial charge on any atom is -0.494 e. The molecule has 3 aromatic rings. The van der Waals surface area contributed by atoms with Crippen molar-refractivity contribution < 1.29 is 32.2 Å². The van der Waals surface area contributed by atoms with Gasteiger partial charge in [-0.1, -0.05) is 30.3 Å². The minimum atomic E-state index is -3.99. The Morgan fingerprint density at radius 2 is 1.42 bits per heavy atom. The Bertz CT molecular complexity index is 1290. The summed E-state index contributed by atoms with van der Waals surface area (Å²) in [5.74, 6) is 1.58. The van der Waals surface area contributed by atoms with E-state index in [1.807, 2.05) is 37.3 Å². The SMILES string of the molecule is CCOc1ccc(S(=O)(=O)N(CC(=O)N(C)Cc2cc(OC)c(OC)c(OC)c2)Cc2ccccc2)cc1. The third-order valence-electron chi connectivity index (χ3n) is 5.86. The quantitative estimate of drug-likeness (QED) is 0.323. The fourth-order valence-corrected chi connectivity index (χ4v) is 5.27. The molecule has 0 aliphatic heterocycles. The third kappa shape index (κ3) is 6.96. The lowest BCUT2D eigenvalue weighted by Crippen LogP contribution is -2.40. The monoisotopic (exact) mass is 542 g/mol. The second-order valence-corrected chi connectivity index (χ2v) is 10.4. The average Bonchev–Trinajstić information content (AvgIpc) is 2.93. The van der Waals surface area contributed by atoms with E-state index in [2.05, 4.69) is 0 Å². The first kappa shape index (κ1) is 28.8. The van der Waals surface area contributed by atoms with Crippen molar-refractivity contribution in [2.24, 2.45) is 0 Å². The first-order chi connectivity index (χ1) is 18.2. The summed E-state index contributed by atoms with van der Waals surface area (Å²) in [5.41, 5.74) is 1.50. The Labute approximate surface area is 224 Å². The fourth-order valence-electron chi connectivity index (χ4n) is 3.90. The van der Waals surface area contributed by atoms with Crippen molar-refractivity contribution in [1.29, 1.82) is 0 Å². The lowest BCUT2D eigenvalue weighted by molar-refractivity contribution is -0.130. The van der Waals surface area contributed by atoms with Crippen molar-refractivity contribution in [1.82, 2.24) is 9.21 Å². The molecule has 9 nitrogen and oxygen atoms in total. The number of hydrogen-bond donors (Lipinski definition) is 0. The number of methoxy groups -OCH3 is 3. The minimum absolute atomic E-state index is 0.0418. The van der Waals surface area contributed by atoms with Crippen LogP contribution < -0.4 is 18.9 Å². The molecular formula is C28H34N2O7S. The maximum atomic E-state index is 13.6. The third-order valence-corrected chi connectivity index (χ3v) is 7.66. The molecule has 3 rings (SSSR count). The number of ether oxygens (including phenoxy) is 4. The molecule has 0 bridgehead atoms. The van der Waals surface area contributed by atoms with Crippen LogP contribution in [0.25, 0.3) is 0 Å². The van der Waals surface area contributed by atoms with E-state index in [1.165, 1.54) is 42.7 Å². The lowest BCUT2D eigenvalue weighted by atomic mass is 10.1. The van der Waals surface area contributed by atoms with Gasteiger partial charge in [-0.2, -0.15) is 4.31 Å². The van der Waals surface area contributed by atoms with E-state index >= 15 is 0 Å². The Hall–Kier alpha value is -3.76. The number of sulfonamides is 1. The van der Waals surface area contributed by atoms with Gasteiger partial charge in [-0.05, 0) is 54.4 Å². The molecular weight excluding hydrogens is 508 g/mol. The molecule has 0 saturated heterocycles. The van der Waals surface area contributed by atoms with Gasteiger partial charge >= 0.3 is 0 Å². The van der Waals surface area contributed by atoms with Gasteiger partial charge in [-0.15, -0.1) is 0 Å². The Kier molecular flexibility index (Phi) is 9.98. The largest absolute Gasteiger partial charge is 0.494 e. The molecule has 1 amide bonds. The zero-order chi connectivity index (χ0) is 27.7. The van der Waals surface area contributed by atoms with Crippen molar-refractivity contribution in [3.8, 4) is 23.0 Å². The number of nitrogens with zero attached hydrogens (tertiary/aromatic N) is 2. The van der Waals surface area contributed by atoms with Crippen LogP contribution in [-0.4, -0.2) is 65.1 Å². The van der Waals surface area contributed by atoms with Crippen LogP contribution in [0.15, 0.2) is 71.6 Å². The zero-order valence-corrected chi connectivity index (χ0v) is 23.2. The van der Waals surface area contributed by atoms with E-state index in [9.17, 15) is 13.2 Å². The zero-order valence-electron chi connectivity index (χ0n) is 22.3. The highest BCUT2D eigenvalue weighted by Crippen LogP contribution is 2.38. The molecule has 0 heterocycles. The van der Waals surface area contributed by atoms with E-state index in [-0.39, 0.29) is 30.4 Å². The van der Waals surface area contributed by atoms with E-state index in [4.69, 9.17) is 18.9 Å². The number of benzene rings is 3. The molecule has 0 fully saturated rings. The summed E-state index contributed by atoms with van der Waals surface area (Å²) < 4.78 is 50.0. The van der Waals surface area contributed by atoms with Crippen LogP contribution in [0.4, 0.5) is 0 Å². The highest BCUT2D eigenvalue weighted by Gasteiger charge is 2.28. The Balaban J connectivity index is 1.85. The number of carbonyl (C=O) groups is 1. The highest BCUT2D eigenvalue weighted by molar-refractivity contribution is 7.89. The summed E-state index contributed by atoms with van der Waals surface area (Å²) in [5, 5.41) is 0. The molecule has 0 radical (unpaired) electrons. The van der Waals surface area contributed by atoms with E-state index < -0.39 is 10.0 Å². The van der Waals surface area contributed by atoms with Crippen molar-refractivity contribution in [3.63, 3.8) is 0 Å². The van der Waals surface area contributed by atoms with Crippen molar-refractivity contribution in [2.45, 2.75) is 24.9 Å². The molecule has 204 valence electrons. The smallest absolute Gasteiger partial charge is 0.243 e. The summed E-state index contributed by atoms with van der Waals surface area (Å²) >= 11 is 0. The van der Waals surface area contributed by atoms with Gasteiger partial charge in [0.25, 0.3) is 0 Å². The number of carbonyl (C=O) groups excluding carboxylic acids is 1. The predicted octanol–water partition coefficient (Wildman–Crippen LogP) is 3.96. The number of likely N-dealkylation sites (N-methyl/N-ethyl adjacent to an activating group) is 1. The van der Waals surface area contributed by atoms with Crippen molar-refractivity contribution in [3.05, 3.63) is 77.9 Å². The molecule has 0 spiro atoms. The summed E-state index contributed by atoms with van der Waals surface area (Å²) in [4.78, 5) is 14.9. The molecule has 38 heavy (non-hydrogen) atoms.